The molecule has 4 atom stereocenters. The Morgan fingerprint density at radius 3 is 1.63 bits per heavy atom. The van der Waals surface area contributed by atoms with Crippen LogP contribution in [-0.4, -0.2) is 59.2 Å². The SMILES string of the molecule is CC(C)(C)C=C(C#N)C(=O)N1CCCCCCCCCCCCCCCCCCCCCCCCCCCC[C@@H]2C[C@@H]2[C@H]1COC(=O)N[C@@H](Cc1ccccc1)B(O)O. The monoisotopic (exact) mass is 818 g/mol. The van der Waals surface area contributed by atoms with Crippen LogP contribution in [0.25, 0.3) is 0 Å². The predicted molar refractivity (Wildman–Crippen MR) is 244 cm³/mol. The molecule has 3 rings (SSSR count). The first-order valence-electron chi connectivity index (χ1n) is 24.4. The van der Waals surface area contributed by atoms with E-state index in [0.717, 1.165) is 44.1 Å². The Hall–Kier alpha value is -2.83. The highest BCUT2D eigenvalue weighted by atomic mass is 16.5. The molecule has 8 nitrogen and oxygen atoms in total. The Kier molecular flexibility index (Phi) is 25.9. The molecule has 3 N–H and O–H groups in total. The van der Waals surface area contributed by atoms with Crippen LogP contribution in [0, 0.1) is 28.6 Å². The van der Waals surface area contributed by atoms with Crippen LogP contribution in [0.1, 0.15) is 206 Å². The van der Waals surface area contributed by atoms with Crippen LogP contribution >= 0.6 is 0 Å². The van der Waals surface area contributed by atoms with E-state index in [-0.39, 0.29) is 41.9 Å². The van der Waals surface area contributed by atoms with Crippen LogP contribution in [0.2, 0.25) is 0 Å². The molecular formula is C50H84BN3O5. The molecule has 332 valence electrons. The Labute approximate surface area is 360 Å². The highest BCUT2D eigenvalue weighted by molar-refractivity contribution is 6.43. The number of nitriles is 1. The summed E-state index contributed by atoms with van der Waals surface area (Å²) in [5.74, 6) is -0.618. The van der Waals surface area contributed by atoms with Crippen molar-refractivity contribution in [1.29, 1.82) is 5.26 Å². The number of hydrogen-bond donors (Lipinski definition) is 3. The number of fused-ring (bicyclic) bond motifs is 1. The van der Waals surface area contributed by atoms with Gasteiger partial charge in [-0.25, -0.2) is 4.79 Å². The van der Waals surface area contributed by atoms with Crippen LogP contribution in [0.3, 0.4) is 0 Å². The molecule has 2 fully saturated rings. The van der Waals surface area contributed by atoms with Gasteiger partial charge in [0.05, 0.1) is 12.0 Å². The number of ether oxygens (including phenoxy) is 1. The fraction of sp³-hybridized carbons (Fsp3) is 0.780. The van der Waals surface area contributed by atoms with Crippen molar-refractivity contribution in [3.05, 3.63) is 47.5 Å². The third-order valence-corrected chi connectivity index (χ3v) is 12.6. The summed E-state index contributed by atoms with van der Waals surface area (Å²) in [7, 11) is -1.77. The van der Waals surface area contributed by atoms with Gasteiger partial charge in [-0.05, 0) is 42.1 Å². The molecule has 0 unspecified atom stereocenters. The van der Waals surface area contributed by atoms with Gasteiger partial charge in [-0.2, -0.15) is 5.26 Å². The smallest absolute Gasteiger partial charge is 0.447 e. The second kappa shape index (κ2) is 30.2. The second-order valence-electron chi connectivity index (χ2n) is 19.2. The minimum absolute atomic E-state index is 0.00739. The number of alkyl carbamates (subject to hydrolysis) is 1. The number of allylic oxidation sites excluding steroid dienone is 1. The minimum Gasteiger partial charge on any atom is -0.447 e. The second-order valence-corrected chi connectivity index (χ2v) is 19.2. The first-order chi connectivity index (χ1) is 28.6. The third kappa shape index (κ3) is 23.1. The lowest BCUT2D eigenvalue weighted by atomic mass is 9.76. The van der Waals surface area contributed by atoms with Gasteiger partial charge in [0, 0.05) is 6.54 Å². The van der Waals surface area contributed by atoms with E-state index in [1.807, 2.05) is 56.0 Å². The summed E-state index contributed by atoms with van der Waals surface area (Å²) < 4.78 is 5.88. The number of amides is 2. The first-order valence-corrected chi connectivity index (χ1v) is 24.4. The average molecular weight is 818 g/mol. The van der Waals surface area contributed by atoms with Crippen molar-refractivity contribution >= 4 is 19.1 Å². The van der Waals surface area contributed by atoms with Crippen LogP contribution < -0.4 is 5.32 Å². The summed E-state index contributed by atoms with van der Waals surface area (Å²) in [4.78, 5) is 29.5. The van der Waals surface area contributed by atoms with Crippen LogP contribution in [0.4, 0.5) is 4.79 Å². The van der Waals surface area contributed by atoms with Gasteiger partial charge in [-0.1, -0.05) is 224 Å². The van der Waals surface area contributed by atoms with Crippen molar-refractivity contribution in [3.8, 4) is 6.07 Å². The molecule has 0 radical (unpaired) electrons. The lowest BCUT2D eigenvalue weighted by Gasteiger charge is -2.33. The maximum atomic E-state index is 14.4. The molecule has 9 heteroatoms. The minimum atomic E-state index is -1.77. The zero-order chi connectivity index (χ0) is 42.6. The zero-order valence-electron chi connectivity index (χ0n) is 37.8. The summed E-state index contributed by atoms with van der Waals surface area (Å²) in [6.45, 7) is 6.48. The van der Waals surface area contributed by atoms with E-state index < -0.39 is 19.2 Å². The van der Waals surface area contributed by atoms with Gasteiger partial charge < -0.3 is 25.0 Å². The van der Waals surface area contributed by atoms with Gasteiger partial charge in [0.25, 0.3) is 5.91 Å². The Bertz CT molecular complexity index is 1340. The Morgan fingerprint density at radius 2 is 1.20 bits per heavy atom. The Balaban J connectivity index is 1.68. The molecule has 59 heavy (non-hydrogen) atoms. The molecule has 1 aliphatic carbocycles. The summed E-state index contributed by atoms with van der Waals surface area (Å²) in [6, 6.07) is 11.2. The van der Waals surface area contributed by atoms with E-state index in [9.17, 15) is 24.9 Å². The van der Waals surface area contributed by atoms with Gasteiger partial charge in [0.15, 0.2) is 0 Å². The van der Waals surface area contributed by atoms with Crippen molar-refractivity contribution < 1.29 is 24.4 Å². The lowest BCUT2D eigenvalue weighted by Crippen LogP contribution is -2.50. The molecule has 2 aliphatic rings. The summed E-state index contributed by atoms with van der Waals surface area (Å²) >= 11 is 0. The van der Waals surface area contributed by atoms with E-state index in [4.69, 9.17) is 4.74 Å². The van der Waals surface area contributed by atoms with Crippen LogP contribution in [-0.2, 0) is 16.0 Å². The number of carbonyl (C=O) groups excluding carboxylic acids is 2. The van der Waals surface area contributed by atoms with Crippen molar-refractivity contribution in [2.24, 2.45) is 17.3 Å². The van der Waals surface area contributed by atoms with E-state index in [0.29, 0.717) is 12.5 Å². The average Bonchev–Trinajstić information content (AvgIpc) is 3.98. The van der Waals surface area contributed by atoms with Crippen molar-refractivity contribution in [2.45, 2.75) is 219 Å². The number of benzene rings is 1. The normalized spacial score (nSPS) is 23.5. The number of rotatable bonds is 7. The standard InChI is InChI=1S/C50H84BN3O5/c1-50(2,3)39-44(40-52)48(55)54-36-32-27-25-23-21-19-17-15-13-11-9-7-5-4-6-8-10-12-14-16-18-20-22-24-26-31-35-43-38-45(43)46(54)41-59-49(56)53-47(51(57)58)37-42-33-29-28-30-34-42/h28-30,33-34,39,43,45-47,57-58H,4-27,31-32,35-38,41H2,1-3H3,(H,53,56)/t43-,45+,46-,47+/m1/s1. The third-order valence-electron chi connectivity index (χ3n) is 12.6. The maximum absolute atomic E-state index is 14.4. The molecule has 1 aliphatic heterocycles. The van der Waals surface area contributed by atoms with E-state index in [1.54, 1.807) is 6.08 Å². The van der Waals surface area contributed by atoms with Gasteiger partial charge in [-0.15, -0.1) is 0 Å². The summed E-state index contributed by atoms with van der Waals surface area (Å²) in [5.41, 5.74) is 0.642. The van der Waals surface area contributed by atoms with Crippen molar-refractivity contribution in [2.75, 3.05) is 13.2 Å². The molecular weight excluding hydrogens is 733 g/mol. The molecule has 0 bridgehead atoms. The van der Waals surface area contributed by atoms with Crippen LogP contribution in [0.15, 0.2) is 42.0 Å². The fourth-order valence-corrected chi connectivity index (χ4v) is 9.05. The van der Waals surface area contributed by atoms with E-state index >= 15 is 0 Å². The zero-order valence-corrected chi connectivity index (χ0v) is 37.8. The molecule has 0 spiro atoms. The molecule has 2 amide bonds. The lowest BCUT2D eigenvalue weighted by molar-refractivity contribution is -0.130. The van der Waals surface area contributed by atoms with Gasteiger partial charge in [-0.3, -0.25) is 4.79 Å². The number of nitrogens with zero attached hydrogens (tertiary/aromatic N) is 2. The van der Waals surface area contributed by atoms with Gasteiger partial charge in [0.2, 0.25) is 0 Å². The number of carbonyl (C=O) groups is 2. The molecule has 1 saturated carbocycles. The summed E-state index contributed by atoms with van der Waals surface area (Å²) in [5, 5.41) is 33.2. The molecule has 1 aromatic rings. The van der Waals surface area contributed by atoms with Crippen molar-refractivity contribution in [1.82, 2.24) is 10.2 Å². The number of hydrogen-bond acceptors (Lipinski definition) is 6. The van der Waals surface area contributed by atoms with Crippen molar-refractivity contribution in [3.63, 3.8) is 0 Å². The highest BCUT2D eigenvalue weighted by Gasteiger charge is 2.47. The topological polar surface area (TPSA) is 123 Å². The first kappa shape index (κ1) is 50.5. The molecule has 1 aromatic carbocycles. The van der Waals surface area contributed by atoms with E-state index in [1.165, 1.54) is 141 Å². The molecule has 1 heterocycles. The largest absolute Gasteiger partial charge is 0.475 e. The predicted octanol–water partition coefficient (Wildman–Crippen LogP) is 12.2. The maximum Gasteiger partial charge on any atom is 0.475 e. The van der Waals surface area contributed by atoms with Gasteiger partial charge in [0.1, 0.15) is 18.2 Å². The molecule has 0 aromatic heterocycles. The highest BCUT2D eigenvalue weighted by Crippen LogP contribution is 2.47. The summed E-state index contributed by atoms with van der Waals surface area (Å²) in [6.07, 6.45) is 37.1. The quantitative estimate of drug-likeness (QED) is 0.143. The fourth-order valence-electron chi connectivity index (χ4n) is 9.05. The van der Waals surface area contributed by atoms with Gasteiger partial charge >= 0.3 is 13.2 Å². The van der Waals surface area contributed by atoms with Crippen LogP contribution in [0.5, 0.6) is 0 Å². The Morgan fingerprint density at radius 1 is 0.763 bits per heavy atom. The molecule has 1 saturated heterocycles. The number of nitrogens with one attached hydrogen (secondary N) is 1. The van der Waals surface area contributed by atoms with E-state index in [2.05, 4.69) is 11.4 Å².